The Morgan fingerprint density at radius 3 is 2.29 bits per heavy atom. The fourth-order valence-electron chi connectivity index (χ4n) is 2.24. The van der Waals surface area contributed by atoms with Crippen molar-refractivity contribution in [1.82, 2.24) is 5.32 Å². The molecule has 0 bridgehead atoms. The maximum absolute atomic E-state index is 12.4. The van der Waals surface area contributed by atoms with Gasteiger partial charge < -0.3 is 5.32 Å². The topological polar surface area (TPSA) is 63.2 Å². The minimum Gasteiger partial charge on any atom is -0.352 e. The Hall–Kier alpha value is -1.62. The summed E-state index contributed by atoms with van der Waals surface area (Å²) in [7, 11) is -3.55. The lowest BCUT2D eigenvalue weighted by molar-refractivity contribution is -0.120. The highest BCUT2D eigenvalue weighted by Crippen LogP contribution is 2.21. The van der Waals surface area contributed by atoms with Crippen LogP contribution in [-0.4, -0.2) is 26.1 Å². The lowest BCUT2D eigenvalue weighted by Crippen LogP contribution is -2.38. The number of carbonyl (C=O) groups is 1. The highest BCUT2D eigenvalue weighted by molar-refractivity contribution is 7.92. The van der Waals surface area contributed by atoms with E-state index in [1.165, 1.54) is 13.0 Å². The van der Waals surface area contributed by atoms with Crippen molar-refractivity contribution in [2.75, 3.05) is 6.54 Å². The van der Waals surface area contributed by atoms with Crippen molar-refractivity contribution in [3.8, 4) is 0 Å². The molecule has 1 aromatic carbocycles. The highest BCUT2D eigenvalue weighted by Gasteiger charge is 2.28. The van der Waals surface area contributed by atoms with Crippen molar-refractivity contribution in [1.29, 1.82) is 0 Å². The molecule has 1 atom stereocenters. The van der Waals surface area contributed by atoms with Gasteiger partial charge in [0, 0.05) is 6.54 Å². The first-order valence-corrected chi connectivity index (χ1v) is 8.57. The zero-order chi connectivity index (χ0) is 16.2. The maximum atomic E-state index is 12.4. The highest BCUT2D eigenvalue weighted by atomic mass is 32.2. The Labute approximate surface area is 127 Å². The molecule has 0 fully saturated rings. The van der Waals surface area contributed by atoms with E-state index in [4.69, 9.17) is 0 Å². The van der Waals surface area contributed by atoms with Crippen LogP contribution in [0.1, 0.15) is 29.2 Å². The third-order valence-electron chi connectivity index (χ3n) is 3.51. The van der Waals surface area contributed by atoms with E-state index in [9.17, 15) is 13.2 Å². The fourth-order valence-corrected chi connectivity index (χ4v) is 3.76. The molecule has 0 saturated carbocycles. The summed E-state index contributed by atoms with van der Waals surface area (Å²) in [5.74, 6) is -0.606. The van der Waals surface area contributed by atoms with E-state index in [0.29, 0.717) is 0 Å². The van der Waals surface area contributed by atoms with Gasteiger partial charge in [0.2, 0.25) is 5.91 Å². The molecule has 1 N–H and O–H groups in total. The van der Waals surface area contributed by atoms with Crippen LogP contribution >= 0.6 is 0 Å². The molecule has 0 aliphatic carbocycles. The van der Waals surface area contributed by atoms with Gasteiger partial charge in [0.25, 0.3) is 0 Å². The van der Waals surface area contributed by atoms with Crippen LogP contribution in [0.25, 0.3) is 0 Å². The molecule has 1 aromatic rings. The molecule has 0 aliphatic rings. The average molecular weight is 309 g/mol. The van der Waals surface area contributed by atoms with E-state index in [2.05, 4.69) is 11.9 Å². The van der Waals surface area contributed by atoms with E-state index in [0.717, 1.165) is 22.3 Å². The molecule has 116 valence electrons. The second-order valence-corrected chi connectivity index (χ2v) is 7.68. The van der Waals surface area contributed by atoms with Gasteiger partial charge in [-0.15, -0.1) is 6.58 Å². The normalized spacial score (nSPS) is 12.8. The summed E-state index contributed by atoms with van der Waals surface area (Å²) >= 11 is 0. The first-order chi connectivity index (χ1) is 9.69. The van der Waals surface area contributed by atoms with Gasteiger partial charge in [0.15, 0.2) is 9.84 Å². The monoisotopic (exact) mass is 309 g/mol. The largest absolute Gasteiger partial charge is 0.352 e. The smallest absolute Gasteiger partial charge is 0.238 e. The Kier molecular flexibility index (Phi) is 5.72. The number of rotatable bonds is 6. The van der Waals surface area contributed by atoms with Gasteiger partial charge in [-0.05, 0) is 44.4 Å². The second kappa shape index (κ2) is 6.89. The molecule has 4 nitrogen and oxygen atoms in total. The van der Waals surface area contributed by atoms with Crippen molar-refractivity contribution in [2.45, 2.75) is 38.7 Å². The first-order valence-electron chi connectivity index (χ1n) is 6.86. The maximum Gasteiger partial charge on any atom is 0.238 e. The third-order valence-corrected chi connectivity index (χ3v) is 5.50. The van der Waals surface area contributed by atoms with E-state index < -0.39 is 21.0 Å². The van der Waals surface area contributed by atoms with Gasteiger partial charge in [-0.2, -0.15) is 0 Å². The number of hydrogen-bond donors (Lipinski definition) is 1. The van der Waals surface area contributed by atoms with Gasteiger partial charge >= 0.3 is 0 Å². The molecule has 0 spiro atoms. The standard InChI is InChI=1S/C16H23NO3S/c1-6-7-17-16(18)14(5)21(19,20)10-15-12(3)8-11(2)9-13(15)4/h6,8-9,14H,1,7,10H2,2-5H3,(H,17,18). The van der Waals surface area contributed by atoms with Crippen LogP contribution in [0.15, 0.2) is 24.8 Å². The molecule has 21 heavy (non-hydrogen) atoms. The predicted molar refractivity (Wildman–Crippen MR) is 85.9 cm³/mol. The number of amides is 1. The molecule has 0 aromatic heterocycles. The number of carbonyl (C=O) groups excluding carboxylic acids is 1. The van der Waals surface area contributed by atoms with Gasteiger partial charge in [0.05, 0.1) is 5.75 Å². The van der Waals surface area contributed by atoms with Crippen LogP contribution in [0.3, 0.4) is 0 Å². The Bertz CT molecular complexity index is 624. The molecule has 5 heteroatoms. The molecule has 0 radical (unpaired) electrons. The van der Waals surface area contributed by atoms with Crippen molar-refractivity contribution in [3.05, 3.63) is 47.0 Å². The number of nitrogens with one attached hydrogen (secondary N) is 1. The molecular weight excluding hydrogens is 286 g/mol. The lowest BCUT2D eigenvalue weighted by Gasteiger charge is -2.16. The molecule has 0 saturated heterocycles. The van der Waals surface area contributed by atoms with E-state index in [-0.39, 0.29) is 12.3 Å². The number of sulfone groups is 1. The molecule has 1 amide bonds. The lowest BCUT2D eigenvalue weighted by atomic mass is 10.0. The third kappa shape index (κ3) is 4.43. The summed E-state index contributed by atoms with van der Waals surface area (Å²) in [6, 6.07) is 3.92. The summed E-state index contributed by atoms with van der Waals surface area (Å²) in [6.07, 6.45) is 1.52. The number of aryl methyl sites for hydroxylation is 3. The van der Waals surface area contributed by atoms with E-state index in [1.807, 2.05) is 32.9 Å². The molecular formula is C16H23NO3S. The quantitative estimate of drug-likeness (QED) is 0.820. The molecule has 0 heterocycles. The molecule has 0 aliphatic heterocycles. The second-order valence-electron chi connectivity index (χ2n) is 5.36. The Morgan fingerprint density at radius 1 is 1.29 bits per heavy atom. The SMILES string of the molecule is C=CCNC(=O)C(C)S(=O)(=O)Cc1c(C)cc(C)cc1C. The van der Waals surface area contributed by atoms with Crippen molar-refractivity contribution >= 4 is 15.7 Å². The zero-order valence-corrected chi connectivity index (χ0v) is 13.9. The Balaban J connectivity index is 3.00. The number of hydrogen-bond acceptors (Lipinski definition) is 3. The van der Waals surface area contributed by atoms with E-state index in [1.54, 1.807) is 0 Å². The minimum atomic E-state index is -3.55. The van der Waals surface area contributed by atoms with Crippen LogP contribution in [0.2, 0.25) is 0 Å². The summed E-state index contributed by atoms with van der Waals surface area (Å²) in [5.41, 5.74) is 3.76. The summed E-state index contributed by atoms with van der Waals surface area (Å²) < 4.78 is 24.8. The van der Waals surface area contributed by atoms with Crippen molar-refractivity contribution in [3.63, 3.8) is 0 Å². The van der Waals surface area contributed by atoms with Crippen molar-refractivity contribution < 1.29 is 13.2 Å². The van der Waals surface area contributed by atoms with Gasteiger partial charge in [-0.1, -0.05) is 23.8 Å². The van der Waals surface area contributed by atoms with Gasteiger partial charge in [0.1, 0.15) is 5.25 Å². The van der Waals surface area contributed by atoms with E-state index >= 15 is 0 Å². The first kappa shape index (κ1) is 17.4. The van der Waals surface area contributed by atoms with Crippen LogP contribution in [0.5, 0.6) is 0 Å². The van der Waals surface area contributed by atoms with Gasteiger partial charge in [-0.25, -0.2) is 8.42 Å². The van der Waals surface area contributed by atoms with Crippen LogP contribution < -0.4 is 5.32 Å². The van der Waals surface area contributed by atoms with Crippen LogP contribution in [0, 0.1) is 20.8 Å². The summed E-state index contributed by atoms with van der Waals surface area (Å²) in [4.78, 5) is 11.8. The summed E-state index contributed by atoms with van der Waals surface area (Å²) in [6.45, 7) is 10.9. The minimum absolute atomic E-state index is 0.117. The molecule has 1 unspecified atom stereocenters. The van der Waals surface area contributed by atoms with Gasteiger partial charge in [-0.3, -0.25) is 4.79 Å². The van der Waals surface area contributed by atoms with Crippen LogP contribution in [0.4, 0.5) is 0 Å². The fraction of sp³-hybridized carbons (Fsp3) is 0.438. The zero-order valence-electron chi connectivity index (χ0n) is 13.1. The predicted octanol–water partition coefficient (Wildman–Crippen LogP) is 2.22. The number of benzene rings is 1. The van der Waals surface area contributed by atoms with Crippen LogP contribution in [-0.2, 0) is 20.4 Å². The van der Waals surface area contributed by atoms with Crippen molar-refractivity contribution in [2.24, 2.45) is 0 Å². The summed E-state index contributed by atoms with van der Waals surface area (Å²) in [5, 5.41) is 1.45. The molecule has 1 rings (SSSR count). The average Bonchev–Trinajstić information content (AvgIpc) is 2.39. The Morgan fingerprint density at radius 2 is 1.81 bits per heavy atom.